The summed E-state index contributed by atoms with van der Waals surface area (Å²) < 4.78 is 10.5. The van der Waals surface area contributed by atoms with Gasteiger partial charge in [-0.3, -0.25) is 0 Å². The number of nitrogens with zero attached hydrogens (tertiary/aromatic N) is 2. The fourth-order valence-corrected chi connectivity index (χ4v) is 1.42. The average Bonchev–Trinajstić information content (AvgIpc) is 2.33. The lowest BCUT2D eigenvalue weighted by atomic mass is 10.2. The topological polar surface area (TPSA) is 82.3 Å². The zero-order valence-corrected chi connectivity index (χ0v) is 10.6. The maximum Gasteiger partial charge on any atom is 0.221 e. The van der Waals surface area contributed by atoms with E-state index in [-0.39, 0.29) is 6.04 Å². The van der Waals surface area contributed by atoms with Gasteiger partial charge in [-0.05, 0) is 13.8 Å². The van der Waals surface area contributed by atoms with Gasteiger partial charge in [0.15, 0.2) is 0 Å². The largest absolute Gasteiger partial charge is 0.478 e. The second-order valence-electron chi connectivity index (χ2n) is 3.62. The van der Waals surface area contributed by atoms with E-state index in [0.29, 0.717) is 25.6 Å². The molecule has 1 aromatic rings. The van der Waals surface area contributed by atoms with Gasteiger partial charge in [0.25, 0.3) is 0 Å². The Hall–Kier alpha value is -1.40. The Morgan fingerprint density at radius 2 is 2.24 bits per heavy atom. The van der Waals surface area contributed by atoms with Gasteiger partial charge in [0.2, 0.25) is 5.88 Å². The molecule has 0 radical (unpaired) electrons. The highest BCUT2D eigenvalue weighted by atomic mass is 16.5. The molecule has 6 heteroatoms. The zero-order valence-electron chi connectivity index (χ0n) is 10.6. The van der Waals surface area contributed by atoms with E-state index in [1.54, 1.807) is 7.11 Å². The molecule has 1 unspecified atom stereocenters. The van der Waals surface area contributed by atoms with Crippen LogP contribution in [0.3, 0.4) is 0 Å². The second-order valence-corrected chi connectivity index (χ2v) is 3.62. The van der Waals surface area contributed by atoms with Crippen LogP contribution in [0.25, 0.3) is 0 Å². The van der Waals surface area contributed by atoms with Crippen molar-refractivity contribution in [2.45, 2.75) is 19.9 Å². The highest BCUT2D eigenvalue weighted by Gasteiger charge is 2.12. The van der Waals surface area contributed by atoms with E-state index < -0.39 is 0 Å². The van der Waals surface area contributed by atoms with Gasteiger partial charge in [-0.25, -0.2) is 9.97 Å². The first-order chi connectivity index (χ1) is 8.22. The normalized spacial score (nSPS) is 12.2. The third kappa shape index (κ3) is 3.83. The van der Waals surface area contributed by atoms with Gasteiger partial charge >= 0.3 is 0 Å². The van der Waals surface area contributed by atoms with E-state index in [9.17, 15) is 0 Å². The molecule has 3 N–H and O–H groups in total. The second kappa shape index (κ2) is 7.03. The van der Waals surface area contributed by atoms with Crippen molar-refractivity contribution in [3.05, 3.63) is 11.9 Å². The Balaban J connectivity index is 2.79. The van der Waals surface area contributed by atoms with E-state index in [1.807, 2.05) is 13.8 Å². The van der Waals surface area contributed by atoms with Crippen molar-refractivity contribution in [1.82, 2.24) is 9.97 Å². The summed E-state index contributed by atoms with van der Waals surface area (Å²) in [5, 5.41) is 3.22. The summed E-state index contributed by atoms with van der Waals surface area (Å²) in [6, 6.07) is 0.0306. The Morgan fingerprint density at radius 1 is 1.47 bits per heavy atom. The molecule has 1 atom stereocenters. The predicted molar refractivity (Wildman–Crippen MR) is 66.3 cm³/mol. The van der Waals surface area contributed by atoms with Crippen LogP contribution in [0.5, 0.6) is 5.88 Å². The monoisotopic (exact) mass is 240 g/mol. The number of anilines is 1. The van der Waals surface area contributed by atoms with Crippen molar-refractivity contribution in [2.24, 2.45) is 5.73 Å². The molecule has 0 aliphatic heterocycles. The summed E-state index contributed by atoms with van der Waals surface area (Å²) in [7, 11) is 1.64. The first kappa shape index (κ1) is 13.7. The third-order valence-electron chi connectivity index (χ3n) is 2.31. The highest BCUT2D eigenvalue weighted by Crippen LogP contribution is 2.20. The van der Waals surface area contributed by atoms with Gasteiger partial charge in [-0.2, -0.15) is 0 Å². The molecule has 0 aromatic carbocycles. The maximum atomic E-state index is 5.64. The third-order valence-corrected chi connectivity index (χ3v) is 2.31. The fourth-order valence-electron chi connectivity index (χ4n) is 1.42. The van der Waals surface area contributed by atoms with Crippen LogP contribution >= 0.6 is 0 Å². The molecule has 0 saturated heterocycles. The number of nitrogens with one attached hydrogen (secondary N) is 1. The van der Waals surface area contributed by atoms with Gasteiger partial charge in [0, 0.05) is 13.7 Å². The van der Waals surface area contributed by atoms with Crippen molar-refractivity contribution >= 4 is 5.82 Å². The van der Waals surface area contributed by atoms with Crippen molar-refractivity contribution in [3.8, 4) is 5.88 Å². The van der Waals surface area contributed by atoms with Gasteiger partial charge in [0.1, 0.15) is 12.1 Å². The molecule has 6 nitrogen and oxygen atoms in total. The summed E-state index contributed by atoms with van der Waals surface area (Å²) in [4.78, 5) is 8.25. The molecule has 0 aliphatic rings. The quantitative estimate of drug-likeness (QED) is 0.725. The van der Waals surface area contributed by atoms with Crippen LogP contribution in [-0.2, 0) is 4.74 Å². The van der Waals surface area contributed by atoms with E-state index in [4.69, 9.17) is 15.2 Å². The molecule has 0 aliphatic carbocycles. The van der Waals surface area contributed by atoms with E-state index in [1.165, 1.54) is 6.33 Å². The Labute approximate surface area is 102 Å². The van der Waals surface area contributed by atoms with E-state index >= 15 is 0 Å². The predicted octanol–water partition coefficient (Wildman–Crippen LogP) is 0.569. The standard InChI is InChI=1S/C11H20N4O2/c1-4-17-11-8(2)10(13-7-14-11)15-9(5-12)6-16-3/h7,9H,4-6,12H2,1-3H3,(H,13,14,15). The number of nitrogens with two attached hydrogens (primary N) is 1. The van der Waals surface area contributed by atoms with Crippen molar-refractivity contribution in [3.63, 3.8) is 0 Å². The van der Waals surface area contributed by atoms with Gasteiger partial charge < -0.3 is 20.5 Å². The van der Waals surface area contributed by atoms with Crippen LogP contribution in [0.4, 0.5) is 5.82 Å². The summed E-state index contributed by atoms with van der Waals surface area (Å²) in [6.45, 7) is 5.41. The number of rotatable bonds is 7. The van der Waals surface area contributed by atoms with Crippen LogP contribution < -0.4 is 15.8 Å². The molecular formula is C11H20N4O2. The molecule has 0 saturated carbocycles. The number of ether oxygens (including phenoxy) is 2. The van der Waals surface area contributed by atoms with Crippen LogP contribution in [0, 0.1) is 6.92 Å². The molecule has 0 amide bonds. The summed E-state index contributed by atoms with van der Waals surface area (Å²) in [5.41, 5.74) is 6.51. The highest BCUT2D eigenvalue weighted by molar-refractivity contribution is 5.48. The Morgan fingerprint density at radius 3 is 2.82 bits per heavy atom. The van der Waals surface area contributed by atoms with Gasteiger partial charge in [-0.1, -0.05) is 0 Å². The molecule has 1 heterocycles. The molecule has 0 fully saturated rings. The molecule has 1 aromatic heterocycles. The van der Waals surface area contributed by atoms with Crippen molar-refractivity contribution in [2.75, 3.05) is 32.2 Å². The Bertz CT molecular complexity index is 346. The van der Waals surface area contributed by atoms with Gasteiger partial charge in [-0.15, -0.1) is 0 Å². The number of methoxy groups -OCH3 is 1. The minimum absolute atomic E-state index is 0.0306. The van der Waals surface area contributed by atoms with E-state index in [0.717, 1.165) is 11.4 Å². The molecule has 1 rings (SSSR count). The molecule has 0 spiro atoms. The first-order valence-corrected chi connectivity index (χ1v) is 5.62. The lowest BCUT2D eigenvalue weighted by Crippen LogP contribution is -2.33. The van der Waals surface area contributed by atoms with Crippen LogP contribution in [-0.4, -0.2) is 42.9 Å². The minimum atomic E-state index is 0.0306. The number of aromatic nitrogens is 2. The lowest BCUT2D eigenvalue weighted by Gasteiger charge is -2.18. The molecular weight excluding hydrogens is 220 g/mol. The molecule has 0 bridgehead atoms. The van der Waals surface area contributed by atoms with E-state index in [2.05, 4.69) is 15.3 Å². The fraction of sp³-hybridized carbons (Fsp3) is 0.636. The smallest absolute Gasteiger partial charge is 0.221 e. The van der Waals surface area contributed by atoms with Crippen LogP contribution in [0.1, 0.15) is 12.5 Å². The average molecular weight is 240 g/mol. The minimum Gasteiger partial charge on any atom is -0.478 e. The molecule has 96 valence electrons. The van der Waals surface area contributed by atoms with Crippen LogP contribution in [0.2, 0.25) is 0 Å². The van der Waals surface area contributed by atoms with Crippen LogP contribution in [0.15, 0.2) is 6.33 Å². The van der Waals surface area contributed by atoms with Gasteiger partial charge in [0.05, 0.1) is 24.8 Å². The Kier molecular flexibility index (Phi) is 5.65. The summed E-state index contributed by atoms with van der Waals surface area (Å²) in [5.74, 6) is 1.33. The summed E-state index contributed by atoms with van der Waals surface area (Å²) >= 11 is 0. The SMILES string of the molecule is CCOc1ncnc(NC(CN)COC)c1C. The molecule has 17 heavy (non-hydrogen) atoms. The first-order valence-electron chi connectivity index (χ1n) is 5.62. The summed E-state index contributed by atoms with van der Waals surface area (Å²) in [6.07, 6.45) is 1.47. The number of hydrogen-bond donors (Lipinski definition) is 2. The lowest BCUT2D eigenvalue weighted by molar-refractivity contribution is 0.187. The number of hydrogen-bond acceptors (Lipinski definition) is 6. The van der Waals surface area contributed by atoms with Crippen molar-refractivity contribution in [1.29, 1.82) is 0 Å². The van der Waals surface area contributed by atoms with Crippen molar-refractivity contribution < 1.29 is 9.47 Å². The maximum absolute atomic E-state index is 5.64. The zero-order chi connectivity index (χ0) is 12.7.